The largest absolute Gasteiger partial charge is 0.419 e. The maximum atomic E-state index is 12.3. The van der Waals surface area contributed by atoms with E-state index in [1.807, 2.05) is 0 Å². The highest BCUT2D eigenvalue weighted by Crippen LogP contribution is 2.28. The summed E-state index contributed by atoms with van der Waals surface area (Å²) in [5.74, 6) is 0.0774. The average Bonchev–Trinajstić information content (AvgIpc) is 2.28. The molecule has 0 spiro atoms. The van der Waals surface area contributed by atoms with Crippen molar-refractivity contribution in [2.75, 3.05) is 11.1 Å². The summed E-state index contributed by atoms with van der Waals surface area (Å²) < 4.78 is 36.8. The molecule has 0 bridgehead atoms. The van der Waals surface area contributed by atoms with Crippen molar-refractivity contribution in [1.82, 2.24) is 9.97 Å². The molecule has 0 aliphatic rings. The fraction of sp³-hybridized carbons (Fsp3) is 0.0909. The first-order valence-electron chi connectivity index (χ1n) is 4.97. The van der Waals surface area contributed by atoms with Gasteiger partial charge in [-0.1, -0.05) is 6.07 Å². The molecule has 7 heteroatoms. The Morgan fingerprint density at radius 1 is 1.11 bits per heavy atom. The molecule has 0 aliphatic heterocycles. The Morgan fingerprint density at radius 3 is 2.33 bits per heavy atom. The number of nitrogen functional groups attached to an aromatic ring is 1. The molecule has 1 aromatic carbocycles. The average molecular weight is 254 g/mol. The number of nitrogens with one attached hydrogen (secondary N) is 1. The van der Waals surface area contributed by atoms with Gasteiger partial charge in [0.05, 0.1) is 5.56 Å². The van der Waals surface area contributed by atoms with Gasteiger partial charge in [-0.15, -0.1) is 0 Å². The summed E-state index contributed by atoms with van der Waals surface area (Å²) in [6.07, 6.45) is -2.99. The first-order valence-corrected chi connectivity index (χ1v) is 4.97. The predicted octanol–water partition coefficient (Wildman–Crippen LogP) is 2.82. The lowest BCUT2D eigenvalue weighted by Gasteiger charge is -2.07. The van der Waals surface area contributed by atoms with Gasteiger partial charge in [0.15, 0.2) is 0 Å². The second-order valence-electron chi connectivity index (χ2n) is 3.54. The molecule has 4 nitrogen and oxygen atoms in total. The quantitative estimate of drug-likeness (QED) is 0.809. The molecule has 0 radical (unpaired) electrons. The number of anilines is 3. The Labute approximate surface area is 101 Å². The Morgan fingerprint density at radius 2 is 1.78 bits per heavy atom. The summed E-state index contributed by atoms with van der Waals surface area (Å²) in [6, 6.07) is 6.74. The molecule has 0 atom stereocenters. The van der Waals surface area contributed by atoms with E-state index < -0.39 is 11.7 Å². The SMILES string of the molecule is Nc1cccc(Nc2ncc(C(F)(F)F)cn2)c1. The van der Waals surface area contributed by atoms with Crippen LogP contribution in [-0.4, -0.2) is 9.97 Å². The molecule has 0 saturated carbocycles. The summed E-state index contributed by atoms with van der Waals surface area (Å²) in [6.45, 7) is 0. The number of halogens is 3. The van der Waals surface area contributed by atoms with Crippen LogP contribution in [0.2, 0.25) is 0 Å². The number of nitrogens with two attached hydrogens (primary N) is 1. The normalized spacial score (nSPS) is 11.3. The smallest absolute Gasteiger partial charge is 0.399 e. The summed E-state index contributed by atoms with van der Waals surface area (Å²) in [5.41, 5.74) is 5.82. The van der Waals surface area contributed by atoms with Crippen molar-refractivity contribution in [3.63, 3.8) is 0 Å². The zero-order valence-corrected chi connectivity index (χ0v) is 9.07. The third-order valence-electron chi connectivity index (χ3n) is 2.12. The molecule has 2 rings (SSSR count). The van der Waals surface area contributed by atoms with Gasteiger partial charge in [0.1, 0.15) is 0 Å². The van der Waals surface area contributed by atoms with Crippen LogP contribution >= 0.6 is 0 Å². The summed E-state index contributed by atoms with van der Waals surface area (Å²) in [7, 11) is 0. The van der Waals surface area contributed by atoms with Crippen LogP contribution in [0.1, 0.15) is 5.56 Å². The molecular weight excluding hydrogens is 245 g/mol. The highest BCUT2D eigenvalue weighted by atomic mass is 19.4. The fourth-order valence-electron chi connectivity index (χ4n) is 1.28. The summed E-state index contributed by atoms with van der Waals surface area (Å²) in [5, 5.41) is 2.75. The van der Waals surface area contributed by atoms with Crippen LogP contribution in [-0.2, 0) is 6.18 Å². The third-order valence-corrected chi connectivity index (χ3v) is 2.12. The van der Waals surface area contributed by atoms with Crippen LogP contribution in [0.15, 0.2) is 36.7 Å². The summed E-state index contributed by atoms with van der Waals surface area (Å²) >= 11 is 0. The maximum absolute atomic E-state index is 12.3. The maximum Gasteiger partial charge on any atom is 0.419 e. The van der Waals surface area contributed by atoms with Crippen molar-refractivity contribution in [3.8, 4) is 0 Å². The molecule has 0 amide bonds. The lowest BCUT2D eigenvalue weighted by atomic mass is 10.3. The van der Waals surface area contributed by atoms with Gasteiger partial charge < -0.3 is 11.1 Å². The van der Waals surface area contributed by atoms with Gasteiger partial charge in [-0.25, -0.2) is 9.97 Å². The van der Waals surface area contributed by atoms with Crippen molar-refractivity contribution in [2.24, 2.45) is 0 Å². The molecule has 0 saturated heterocycles. The van der Waals surface area contributed by atoms with Gasteiger partial charge in [-0.2, -0.15) is 13.2 Å². The number of aromatic nitrogens is 2. The van der Waals surface area contributed by atoms with Gasteiger partial charge in [-0.3, -0.25) is 0 Å². The molecule has 1 heterocycles. The van der Waals surface area contributed by atoms with Crippen LogP contribution in [0.5, 0.6) is 0 Å². The first kappa shape index (κ1) is 12.2. The molecule has 18 heavy (non-hydrogen) atoms. The Bertz CT molecular complexity index is 537. The van der Waals surface area contributed by atoms with E-state index in [2.05, 4.69) is 15.3 Å². The van der Waals surface area contributed by atoms with E-state index in [1.54, 1.807) is 24.3 Å². The molecule has 3 N–H and O–H groups in total. The van der Waals surface area contributed by atoms with Crippen molar-refractivity contribution < 1.29 is 13.2 Å². The van der Waals surface area contributed by atoms with Crippen LogP contribution in [0.3, 0.4) is 0 Å². The van der Waals surface area contributed by atoms with Crippen molar-refractivity contribution in [2.45, 2.75) is 6.18 Å². The highest BCUT2D eigenvalue weighted by molar-refractivity contribution is 5.59. The standard InChI is InChI=1S/C11H9F3N4/c12-11(13,14)7-5-16-10(17-6-7)18-9-3-1-2-8(15)4-9/h1-6H,15H2,(H,16,17,18). The summed E-state index contributed by atoms with van der Waals surface area (Å²) in [4.78, 5) is 7.17. The van der Waals surface area contributed by atoms with Crippen molar-refractivity contribution in [3.05, 3.63) is 42.2 Å². The van der Waals surface area contributed by atoms with E-state index in [1.165, 1.54) is 0 Å². The van der Waals surface area contributed by atoms with E-state index in [-0.39, 0.29) is 5.95 Å². The number of benzene rings is 1. The van der Waals surface area contributed by atoms with Gasteiger partial charge >= 0.3 is 6.18 Å². The van der Waals surface area contributed by atoms with Gasteiger partial charge in [0.2, 0.25) is 5.95 Å². The molecule has 94 valence electrons. The minimum absolute atomic E-state index is 0.0774. The molecule has 0 fully saturated rings. The van der Waals surface area contributed by atoms with Gasteiger partial charge in [-0.05, 0) is 18.2 Å². The number of hydrogen-bond donors (Lipinski definition) is 2. The number of alkyl halides is 3. The zero-order valence-electron chi connectivity index (χ0n) is 9.07. The molecule has 2 aromatic rings. The number of rotatable bonds is 2. The monoisotopic (exact) mass is 254 g/mol. The topological polar surface area (TPSA) is 63.8 Å². The molecular formula is C11H9F3N4. The van der Waals surface area contributed by atoms with E-state index in [0.29, 0.717) is 11.4 Å². The minimum Gasteiger partial charge on any atom is -0.399 e. The first-order chi connectivity index (χ1) is 8.45. The third kappa shape index (κ3) is 2.88. The Kier molecular flexibility index (Phi) is 3.05. The molecule has 0 unspecified atom stereocenters. The Balaban J connectivity index is 2.16. The second kappa shape index (κ2) is 4.52. The lowest BCUT2D eigenvalue weighted by molar-refractivity contribution is -0.138. The lowest BCUT2D eigenvalue weighted by Crippen LogP contribution is -2.07. The molecule has 0 aliphatic carbocycles. The number of nitrogens with zero attached hydrogens (tertiary/aromatic N) is 2. The van der Waals surface area contributed by atoms with Crippen molar-refractivity contribution >= 4 is 17.3 Å². The fourth-order valence-corrected chi connectivity index (χ4v) is 1.28. The minimum atomic E-state index is -4.43. The number of hydrogen-bond acceptors (Lipinski definition) is 4. The zero-order chi connectivity index (χ0) is 13.2. The second-order valence-corrected chi connectivity index (χ2v) is 3.54. The predicted molar refractivity (Wildman–Crippen MR) is 61.2 cm³/mol. The van der Waals surface area contributed by atoms with E-state index in [0.717, 1.165) is 12.4 Å². The van der Waals surface area contributed by atoms with Crippen LogP contribution in [0.4, 0.5) is 30.5 Å². The van der Waals surface area contributed by atoms with Crippen LogP contribution in [0.25, 0.3) is 0 Å². The highest BCUT2D eigenvalue weighted by Gasteiger charge is 2.31. The van der Waals surface area contributed by atoms with E-state index >= 15 is 0 Å². The van der Waals surface area contributed by atoms with E-state index in [9.17, 15) is 13.2 Å². The molecule has 1 aromatic heterocycles. The van der Waals surface area contributed by atoms with Gasteiger partial charge in [0.25, 0.3) is 0 Å². The van der Waals surface area contributed by atoms with Gasteiger partial charge in [0, 0.05) is 23.8 Å². The van der Waals surface area contributed by atoms with Crippen molar-refractivity contribution in [1.29, 1.82) is 0 Å². The Hall–Kier alpha value is -2.31. The van der Waals surface area contributed by atoms with E-state index in [4.69, 9.17) is 5.73 Å². The van der Waals surface area contributed by atoms with Crippen LogP contribution in [0, 0.1) is 0 Å². The van der Waals surface area contributed by atoms with Crippen LogP contribution < -0.4 is 11.1 Å².